The van der Waals surface area contributed by atoms with Crippen molar-refractivity contribution >= 4 is 27.8 Å². The molecule has 0 fully saturated rings. The van der Waals surface area contributed by atoms with Gasteiger partial charge in [0.2, 0.25) is 0 Å². The van der Waals surface area contributed by atoms with Gasteiger partial charge in [-0.2, -0.15) is 0 Å². The second-order valence-corrected chi connectivity index (χ2v) is 8.57. The highest BCUT2D eigenvalue weighted by molar-refractivity contribution is 7.14. The topological polar surface area (TPSA) is 46.0 Å². The highest BCUT2D eigenvalue weighted by Gasteiger charge is 2.10. The number of nitrogens with one attached hydrogen (secondary N) is 1. The van der Waals surface area contributed by atoms with Gasteiger partial charge < -0.3 is 14.8 Å². The van der Waals surface area contributed by atoms with Crippen molar-refractivity contribution in [1.82, 2.24) is 14.5 Å². The van der Waals surface area contributed by atoms with Crippen LogP contribution in [0.3, 0.4) is 0 Å². The van der Waals surface area contributed by atoms with Gasteiger partial charge in [0.25, 0.3) is 0 Å². The van der Waals surface area contributed by atoms with Crippen molar-refractivity contribution in [2.45, 2.75) is 34.1 Å². The van der Waals surface area contributed by atoms with E-state index in [-0.39, 0.29) is 0 Å². The van der Waals surface area contributed by atoms with Crippen molar-refractivity contribution in [2.24, 2.45) is 0 Å². The molecule has 0 atom stereocenters. The van der Waals surface area contributed by atoms with Crippen LogP contribution in [0, 0.1) is 13.8 Å². The van der Waals surface area contributed by atoms with E-state index >= 15 is 0 Å². The van der Waals surface area contributed by atoms with Gasteiger partial charge in [0.1, 0.15) is 0 Å². The first-order valence-corrected chi connectivity index (χ1v) is 11.6. The average Bonchev–Trinajstić information content (AvgIpc) is 3.43. The molecule has 160 valence electrons. The first-order valence-electron chi connectivity index (χ1n) is 10.8. The van der Waals surface area contributed by atoms with E-state index < -0.39 is 0 Å². The lowest BCUT2D eigenvalue weighted by Crippen LogP contribution is -2.23. The molecular formula is C25H29N5S. The quantitative estimate of drug-likeness (QED) is 0.342. The van der Waals surface area contributed by atoms with Crippen LogP contribution in [0.1, 0.15) is 31.5 Å². The fourth-order valence-corrected chi connectivity index (χ4v) is 4.36. The predicted octanol–water partition coefficient (Wildman–Crippen LogP) is 6.59. The lowest BCUT2D eigenvalue weighted by molar-refractivity contribution is 0.792. The zero-order chi connectivity index (χ0) is 21.8. The van der Waals surface area contributed by atoms with Crippen LogP contribution in [0.15, 0.2) is 60.4 Å². The van der Waals surface area contributed by atoms with Crippen LogP contribution in [0.25, 0.3) is 16.9 Å². The average molecular weight is 432 g/mol. The van der Waals surface area contributed by atoms with Gasteiger partial charge in [-0.1, -0.05) is 25.1 Å². The molecule has 0 aliphatic carbocycles. The van der Waals surface area contributed by atoms with Crippen molar-refractivity contribution in [2.75, 3.05) is 23.3 Å². The Morgan fingerprint density at radius 3 is 2.55 bits per heavy atom. The van der Waals surface area contributed by atoms with Crippen molar-refractivity contribution < 1.29 is 0 Å². The molecule has 0 saturated carbocycles. The molecule has 2 heterocycles. The summed E-state index contributed by atoms with van der Waals surface area (Å²) in [5.41, 5.74) is 7.77. The van der Waals surface area contributed by atoms with E-state index in [2.05, 4.69) is 83.8 Å². The summed E-state index contributed by atoms with van der Waals surface area (Å²) in [6, 6.07) is 15.0. The van der Waals surface area contributed by atoms with Gasteiger partial charge in [-0.05, 0) is 57.0 Å². The molecule has 0 amide bonds. The first kappa shape index (κ1) is 21.1. The number of imidazole rings is 1. The molecule has 0 saturated heterocycles. The molecule has 4 rings (SSSR count). The van der Waals surface area contributed by atoms with Gasteiger partial charge in [-0.3, -0.25) is 0 Å². The number of hydrogen-bond acceptors (Lipinski definition) is 5. The minimum absolute atomic E-state index is 0.906. The van der Waals surface area contributed by atoms with Gasteiger partial charge in [-0.15, -0.1) is 11.3 Å². The molecule has 6 heteroatoms. The Balaban J connectivity index is 1.52. The zero-order valence-electron chi connectivity index (χ0n) is 18.6. The molecule has 0 aliphatic rings. The van der Waals surface area contributed by atoms with Crippen LogP contribution in [-0.2, 0) is 0 Å². The van der Waals surface area contributed by atoms with Gasteiger partial charge in [0.05, 0.1) is 17.7 Å². The number of aromatic nitrogens is 3. The largest absolute Gasteiger partial charge is 0.372 e. The summed E-state index contributed by atoms with van der Waals surface area (Å²) in [6.45, 7) is 10.6. The summed E-state index contributed by atoms with van der Waals surface area (Å²) in [5.74, 6) is 0. The smallest absolute Gasteiger partial charge is 0.187 e. The van der Waals surface area contributed by atoms with Gasteiger partial charge in [-0.25, -0.2) is 9.97 Å². The first-order chi connectivity index (χ1) is 15.1. The van der Waals surface area contributed by atoms with Crippen molar-refractivity contribution in [3.63, 3.8) is 0 Å². The van der Waals surface area contributed by atoms with E-state index in [9.17, 15) is 0 Å². The summed E-state index contributed by atoms with van der Waals surface area (Å²) in [7, 11) is 0. The van der Waals surface area contributed by atoms with E-state index in [0.29, 0.717) is 0 Å². The van der Waals surface area contributed by atoms with Gasteiger partial charge in [0.15, 0.2) is 5.13 Å². The number of thiazole rings is 1. The molecule has 2 aromatic heterocycles. The lowest BCUT2D eigenvalue weighted by atomic mass is 10.1. The van der Waals surface area contributed by atoms with Crippen molar-refractivity contribution in [3.8, 4) is 16.9 Å². The maximum Gasteiger partial charge on any atom is 0.187 e. The highest BCUT2D eigenvalue weighted by atomic mass is 32.1. The maximum atomic E-state index is 4.83. The number of nitrogens with zero attached hydrogens (tertiary/aromatic N) is 4. The van der Waals surface area contributed by atoms with Crippen LogP contribution in [0.5, 0.6) is 0 Å². The predicted molar refractivity (Wildman–Crippen MR) is 132 cm³/mol. The Morgan fingerprint density at radius 1 is 1.06 bits per heavy atom. The minimum Gasteiger partial charge on any atom is -0.372 e. The third-order valence-electron chi connectivity index (χ3n) is 5.38. The minimum atomic E-state index is 0.906. The van der Waals surface area contributed by atoms with Crippen molar-refractivity contribution in [3.05, 3.63) is 71.6 Å². The fraction of sp³-hybridized carbons (Fsp3) is 0.280. The van der Waals surface area contributed by atoms with Crippen LogP contribution in [0.4, 0.5) is 16.5 Å². The van der Waals surface area contributed by atoms with E-state index in [1.807, 2.05) is 24.0 Å². The van der Waals surface area contributed by atoms with Crippen LogP contribution >= 0.6 is 11.3 Å². The Kier molecular flexibility index (Phi) is 6.37. The zero-order valence-corrected chi connectivity index (χ0v) is 19.4. The fourth-order valence-electron chi connectivity index (χ4n) is 3.63. The molecule has 0 radical (unpaired) electrons. The number of aryl methyl sites for hydroxylation is 2. The molecule has 4 aromatic rings. The molecule has 0 bridgehead atoms. The van der Waals surface area contributed by atoms with E-state index in [1.165, 1.54) is 11.3 Å². The summed E-state index contributed by atoms with van der Waals surface area (Å²) >= 11 is 1.63. The van der Waals surface area contributed by atoms with Crippen molar-refractivity contribution in [1.29, 1.82) is 0 Å². The third-order valence-corrected chi connectivity index (χ3v) is 6.14. The molecular weight excluding hydrogens is 402 g/mol. The number of rotatable bonds is 8. The second kappa shape index (κ2) is 9.35. The number of anilines is 3. The van der Waals surface area contributed by atoms with E-state index in [0.717, 1.165) is 53.0 Å². The maximum absolute atomic E-state index is 4.83. The Bertz CT molecular complexity index is 1140. The summed E-state index contributed by atoms with van der Waals surface area (Å²) in [4.78, 5) is 11.5. The van der Waals surface area contributed by atoms with Gasteiger partial charge in [0, 0.05) is 47.3 Å². The summed E-state index contributed by atoms with van der Waals surface area (Å²) in [5, 5.41) is 6.54. The Labute approximate surface area is 188 Å². The molecule has 31 heavy (non-hydrogen) atoms. The molecule has 0 aliphatic heterocycles. The Hall–Kier alpha value is -3.12. The number of benzene rings is 2. The molecule has 1 N–H and O–H groups in total. The molecule has 2 aromatic carbocycles. The van der Waals surface area contributed by atoms with E-state index in [1.54, 1.807) is 11.3 Å². The SMILES string of the molecule is CCCN(CC)c1ccc(C)c(Nc2nc(-c3ccc(-n4cnc(C)c4)cc3)cs2)c1. The summed E-state index contributed by atoms with van der Waals surface area (Å²) < 4.78 is 2.03. The second-order valence-electron chi connectivity index (χ2n) is 7.71. The van der Waals surface area contributed by atoms with E-state index in [4.69, 9.17) is 4.98 Å². The molecule has 5 nitrogen and oxygen atoms in total. The van der Waals surface area contributed by atoms with Gasteiger partial charge >= 0.3 is 0 Å². The summed E-state index contributed by atoms with van der Waals surface area (Å²) in [6.07, 6.45) is 5.00. The normalized spacial score (nSPS) is 11.0. The number of hydrogen-bond donors (Lipinski definition) is 1. The molecule has 0 unspecified atom stereocenters. The standard InChI is InChI=1S/C25H29N5S/c1-5-13-29(6-2)22-10-7-18(3)23(14-22)27-25-28-24(16-31-25)20-8-11-21(12-9-20)30-15-19(4)26-17-30/h7-12,14-17H,5-6,13H2,1-4H3,(H,27,28). The highest BCUT2D eigenvalue weighted by Crippen LogP contribution is 2.31. The lowest BCUT2D eigenvalue weighted by Gasteiger charge is -2.23. The van der Waals surface area contributed by atoms with Crippen LogP contribution in [-0.4, -0.2) is 27.6 Å². The van der Waals surface area contributed by atoms with Crippen LogP contribution < -0.4 is 10.2 Å². The third kappa shape index (κ3) is 4.80. The monoisotopic (exact) mass is 431 g/mol. The molecule has 0 spiro atoms. The Morgan fingerprint density at radius 2 is 1.87 bits per heavy atom. The van der Waals surface area contributed by atoms with Crippen LogP contribution in [0.2, 0.25) is 0 Å².